The Morgan fingerprint density at radius 2 is 0.743 bits per heavy atom. The SMILES string of the molecule is CCCCCCCCCCCCCCCCCCCCCCCCCCCCCCCCC(=O)N[C@@H](CO[C@@H]1O[C@H](CO)[C@@H](O)C(O)C1O)[C@H](O)[C@H](O)CCCCCCCCCCCCCCCCC. The number of amides is 1. The normalized spacial score (nSPS) is 19.7. The number of unbranched alkanes of at least 4 members (excludes halogenated alkanes) is 43. The molecule has 1 amide bonds. The van der Waals surface area contributed by atoms with E-state index in [2.05, 4.69) is 19.2 Å². The van der Waals surface area contributed by atoms with E-state index in [4.69, 9.17) is 9.47 Å². The third kappa shape index (κ3) is 38.7. The summed E-state index contributed by atoms with van der Waals surface area (Å²) in [5, 5.41) is 65.6. The second-order valence-corrected chi connectivity index (χ2v) is 22.0. The van der Waals surface area contributed by atoms with Gasteiger partial charge in [0.2, 0.25) is 5.91 Å². The summed E-state index contributed by atoms with van der Waals surface area (Å²) >= 11 is 0. The zero-order valence-electron chi connectivity index (χ0n) is 46.2. The minimum Gasteiger partial charge on any atom is -0.394 e. The predicted molar refractivity (Wildman–Crippen MR) is 292 cm³/mol. The van der Waals surface area contributed by atoms with Gasteiger partial charge in [-0.2, -0.15) is 0 Å². The Bertz CT molecular complexity index is 1080. The number of hydrogen-bond acceptors (Lipinski definition) is 9. The van der Waals surface area contributed by atoms with Crippen molar-refractivity contribution in [2.45, 2.75) is 365 Å². The molecule has 1 heterocycles. The lowest BCUT2D eigenvalue weighted by molar-refractivity contribution is -0.303. The Hall–Kier alpha value is -0.850. The predicted octanol–water partition coefficient (Wildman–Crippen LogP) is 14.4. The van der Waals surface area contributed by atoms with Gasteiger partial charge in [-0.3, -0.25) is 4.79 Å². The minimum atomic E-state index is -1.60. The topological polar surface area (TPSA) is 169 Å². The lowest BCUT2D eigenvalue weighted by Crippen LogP contribution is -2.60. The molecule has 0 aliphatic carbocycles. The molecular weight excluding hydrogens is 879 g/mol. The maximum absolute atomic E-state index is 13.1. The molecule has 418 valence electrons. The molecule has 1 fully saturated rings. The van der Waals surface area contributed by atoms with E-state index >= 15 is 0 Å². The maximum Gasteiger partial charge on any atom is 0.220 e. The summed E-state index contributed by atoms with van der Waals surface area (Å²) in [5.41, 5.74) is 0. The average molecular weight is 999 g/mol. The largest absolute Gasteiger partial charge is 0.394 e. The van der Waals surface area contributed by atoms with E-state index in [0.29, 0.717) is 6.42 Å². The zero-order valence-corrected chi connectivity index (χ0v) is 46.2. The highest BCUT2D eigenvalue weighted by Gasteiger charge is 2.44. The molecule has 0 saturated carbocycles. The second-order valence-electron chi connectivity index (χ2n) is 22.0. The van der Waals surface area contributed by atoms with Crippen LogP contribution in [0.15, 0.2) is 0 Å². The van der Waals surface area contributed by atoms with Gasteiger partial charge in [0.05, 0.1) is 25.4 Å². The van der Waals surface area contributed by atoms with Gasteiger partial charge in [0, 0.05) is 6.42 Å². The molecule has 2 unspecified atom stereocenters. The third-order valence-electron chi connectivity index (χ3n) is 15.3. The molecule has 70 heavy (non-hydrogen) atoms. The molecule has 10 nitrogen and oxygen atoms in total. The summed E-state index contributed by atoms with van der Waals surface area (Å²) in [5.74, 6) is -0.249. The Morgan fingerprint density at radius 1 is 0.443 bits per heavy atom. The molecule has 0 aromatic carbocycles. The maximum atomic E-state index is 13.1. The first-order valence-corrected chi connectivity index (χ1v) is 30.8. The Morgan fingerprint density at radius 3 is 1.06 bits per heavy atom. The smallest absolute Gasteiger partial charge is 0.220 e. The second kappa shape index (κ2) is 50.3. The average Bonchev–Trinajstić information content (AvgIpc) is 3.36. The number of rotatable bonds is 54. The van der Waals surface area contributed by atoms with Crippen molar-refractivity contribution in [1.29, 1.82) is 0 Å². The van der Waals surface area contributed by atoms with Crippen LogP contribution < -0.4 is 5.32 Å². The van der Waals surface area contributed by atoms with Crippen LogP contribution in [-0.2, 0) is 14.3 Å². The number of aliphatic hydroxyl groups is 6. The first-order valence-electron chi connectivity index (χ1n) is 30.8. The molecule has 0 spiro atoms. The van der Waals surface area contributed by atoms with Crippen LogP contribution >= 0.6 is 0 Å². The molecule has 7 N–H and O–H groups in total. The van der Waals surface area contributed by atoms with Crippen LogP contribution in [0.1, 0.15) is 316 Å². The van der Waals surface area contributed by atoms with E-state index in [-0.39, 0.29) is 18.9 Å². The number of carbonyl (C=O) groups is 1. The van der Waals surface area contributed by atoms with Crippen molar-refractivity contribution in [2.24, 2.45) is 0 Å². The number of aliphatic hydroxyl groups excluding tert-OH is 6. The van der Waals surface area contributed by atoms with Crippen molar-refractivity contribution in [1.82, 2.24) is 5.32 Å². The van der Waals surface area contributed by atoms with Crippen molar-refractivity contribution in [3.63, 3.8) is 0 Å². The van der Waals surface area contributed by atoms with Crippen LogP contribution in [0.25, 0.3) is 0 Å². The first kappa shape index (κ1) is 67.2. The lowest BCUT2D eigenvalue weighted by Gasteiger charge is -2.40. The summed E-state index contributed by atoms with van der Waals surface area (Å²) in [4.78, 5) is 13.1. The monoisotopic (exact) mass is 998 g/mol. The summed E-state index contributed by atoms with van der Waals surface area (Å²) < 4.78 is 11.2. The molecule has 8 atom stereocenters. The van der Waals surface area contributed by atoms with E-state index in [1.165, 1.54) is 250 Å². The van der Waals surface area contributed by atoms with Crippen molar-refractivity contribution < 1.29 is 44.9 Å². The Kier molecular flexibility index (Phi) is 48.3. The third-order valence-corrected chi connectivity index (χ3v) is 15.3. The first-order chi connectivity index (χ1) is 34.3. The van der Waals surface area contributed by atoms with Crippen LogP contribution in [0.5, 0.6) is 0 Å². The van der Waals surface area contributed by atoms with Gasteiger partial charge in [0.1, 0.15) is 30.5 Å². The van der Waals surface area contributed by atoms with Gasteiger partial charge in [0.25, 0.3) is 0 Å². The molecule has 1 aliphatic heterocycles. The standard InChI is InChI=1S/C60H119NO9/c1-3-5-7-9-11-13-15-17-19-20-21-22-23-24-25-26-27-28-29-30-31-32-33-35-37-39-41-43-45-47-49-55(64)61-52(51-69-60-59(68)58(67)57(66)54(50-62)70-60)56(65)53(63)48-46-44-42-40-38-36-34-18-16-14-12-10-8-6-4-2/h52-54,56-60,62-63,65-68H,3-51H2,1-2H3,(H,61,64)/t52-,53+,54+,56-,57+,58?,59?,60+/m0/s1. The summed E-state index contributed by atoms with van der Waals surface area (Å²) in [6.45, 7) is 3.66. The van der Waals surface area contributed by atoms with Crippen LogP contribution in [0.2, 0.25) is 0 Å². The minimum absolute atomic E-state index is 0.249. The van der Waals surface area contributed by atoms with Gasteiger partial charge in [-0.1, -0.05) is 296 Å². The number of hydrogen-bond donors (Lipinski definition) is 7. The van der Waals surface area contributed by atoms with E-state index in [9.17, 15) is 35.4 Å². The van der Waals surface area contributed by atoms with Gasteiger partial charge < -0.3 is 45.4 Å². The van der Waals surface area contributed by atoms with Gasteiger partial charge >= 0.3 is 0 Å². The fourth-order valence-corrected chi connectivity index (χ4v) is 10.4. The highest BCUT2D eigenvalue weighted by Crippen LogP contribution is 2.24. The molecule has 1 aliphatic rings. The molecule has 0 radical (unpaired) electrons. The molecule has 10 heteroatoms. The summed E-state index contributed by atoms with van der Waals surface area (Å²) in [6, 6.07) is -0.986. The van der Waals surface area contributed by atoms with Crippen LogP contribution in [-0.4, -0.2) is 98.7 Å². The molecule has 1 rings (SSSR count). The Balaban J connectivity index is 2.15. The van der Waals surface area contributed by atoms with Crippen molar-refractivity contribution >= 4 is 5.91 Å². The van der Waals surface area contributed by atoms with E-state index in [1.807, 2.05) is 0 Å². The van der Waals surface area contributed by atoms with Crippen molar-refractivity contribution in [2.75, 3.05) is 13.2 Å². The quantitative estimate of drug-likeness (QED) is 0.0293. The highest BCUT2D eigenvalue weighted by molar-refractivity contribution is 5.76. The Labute approximate surface area is 432 Å². The highest BCUT2D eigenvalue weighted by atomic mass is 16.7. The fourth-order valence-electron chi connectivity index (χ4n) is 10.4. The van der Waals surface area contributed by atoms with Gasteiger partial charge in [-0.05, 0) is 12.8 Å². The summed E-state index contributed by atoms with van der Waals surface area (Å²) in [6.07, 6.45) is 50.0. The molecule has 0 aromatic heterocycles. The fraction of sp³-hybridized carbons (Fsp3) is 0.983. The van der Waals surface area contributed by atoms with Gasteiger partial charge in [0.15, 0.2) is 6.29 Å². The molecular formula is C60H119NO9. The van der Waals surface area contributed by atoms with Gasteiger partial charge in [-0.15, -0.1) is 0 Å². The summed E-state index contributed by atoms with van der Waals surface area (Å²) in [7, 11) is 0. The van der Waals surface area contributed by atoms with Crippen molar-refractivity contribution in [3.05, 3.63) is 0 Å². The van der Waals surface area contributed by atoms with Crippen LogP contribution in [0, 0.1) is 0 Å². The van der Waals surface area contributed by atoms with Crippen LogP contribution in [0.4, 0.5) is 0 Å². The zero-order chi connectivity index (χ0) is 51.0. The van der Waals surface area contributed by atoms with E-state index in [0.717, 1.165) is 38.5 Å². The van der Waals surface area contributed by atoms with E-state index in [1.54, 1.807) is 0 Å². The molecule has 1 saturated heterocycles. The molecule has 0 aromatic rings. The lowest BCUT2D eigenvalue weighted by atomic mass is 9.98. The number of nitrogens with one attached hydrogen (secondary N) is 1. The van der Waals surface area contributed by atoms with Crippen LogP contribution in [0.3, 0.4) is 0 Å². The molecule has 0 bridgehead atoms. The van der Waals surface area contributed by atoms with Crippen molar-refractivity contribution in [3.8, 4) is 0 Å². The number of carbonyl (C=O) groups excluding carboxylic acids is 1. The number of ether oxygens (including phenoxy) is 2. The van der Waals surface area contributed by atoms with E-state index < -0.39 is 55.6 Å². The van der Waals surface area contributed by atoms with Gasteiger partial charge in [-0.25, -0.2) is 0 Å².